The number of ether oxygens (including phenoxy) is 2. The van der Waals surface area contributed by atoms with Gasteiger partial charge in [0, 0.05) is 16.5 Å². The van der Waals surface area contributed by atoms with Crippen LogP contribution in [0.15, 0.2) is 40.8 Å². The predicted molar refractivity (Wildman–Crippen MR) is 105 cm³/mol. The summed E-state index contributed by atoms with van der Waals surface area (Å²) in [7, 11) is 1.48. The molecule has 0 unspecified atom stereocenters. The summed E-state index contributed by atoms with van der Waals surface area (Å²) in [6.45, 7) is 4.07. The summed E-state index contributed by atoms with van der Waals surface area (Å²) in [5, 5.41) is 1.14. The Balaban J connectivity index is 1.73. The minimum atomic E-state index is -0.587. The third-order valence-electron chi connectivity index (χ3n) is 4.14. The first-order valence-electron chi connectivity index (χ1n) is 8.55. The van der Waals surface area contributed by atoms with Crippen molar-refractivity contribution in [1.82, 2.24) is 10.9 Å². The molecule has 1 heterocycles. The van der Waals surface area contributed by atoms with Crippen molar-refractivity contribution in [1.29, 1.82) is 0 Å². The molecule has 0 aliphatic rings. The van der Waals surface area contributed by atoms with Crippen LogP contribution in [0, 0.1) is 6.92 Å². The Kier molecular flexibility index (Phi) is 5.75. The third-order valence-corrected chi connectivity index (χ3v) is 4.43. The molecule has 0 saturated heterocycles. The molecule has 8 heteroatoms. The molecule has 0 aliphatic heterocycles. The number of fused-ring (bicyclic) bond motifs is 1. The maximum Gasteiger partial charge on any atom is 0.305 e. The Morgan fingerprint density at radius 3 is 2.54 bits per heavy atom. The molecule has 0 fully saturated rings. The number of para-hydroxylation sites is 1. The quantitative estimate of drug-likeness (QED) is 0.632. The smallest absolute Gasteiger partial charge is 0.305 e. The molecule has 2 amide bonds. The molecule has 28 heavy (non-hydrogen) atoms. The molecule has 0 spiro atoms. The number of nitrogens with one attached hydrogen (secondary N) is 2. The fraction of sp³-hybridized carbons (Fsp3) is 0.200. The van der Waals surface area contributed by atoms with Crippen LogP contribution >= 0.6 is 11.6 Å². The number of amides is 2. The molecule has 0 bridgehead atoms. The van der Waals surface area contributed by atoms with Crippen molar-refractivity contribution >= 4 is 34.4 Å². The average molecular weight is 403 g/mol. The lowest BCUT2D eigenvalue weighted by Gasteiger charge is -2.11. The second-order valence-corrected chi connectivity index (χ2v) is 6.29. The Bertz CT molecular complexity index is 1040. The zero-order valence-electron chi connectivity index (χ0n) is 15.6. The van der Waals surface area contributed by atoms with Gasteiger partial charge in [0.25, 0.3) is 5.91 Å². The van der Waals surface area contributed by atoms with Gasteiger partial charge in [-0.1, -0.05) is 23.7 Å². The van der Waals surface area contributed by atoms with Crippen molar-refractivity contribution in [2.24, 2.45) is 0 Å². The van der Waals surface area contributed by atoms with Crippen LogP contribution < -0.4 is 20.3 Å². The largest absolute Gasteiger partial charge is 0.493 e. The maximum absolute atomic E-state index is 12.4. The summed E-state index contributed by atoms with van der Waals surface area (Å²) in [6.07, 6.45) is 0. The van der Waals surface area contributed by atoms with Gasteiger partial charge in [0.05, 0.1) is 18.7 Å². The first kappa shape index (κ1) is 19.6. The summed E-state index contributed by atoms with van der Waals surface area (Å²) in [5.41, 5.74) is 6.06. The molecule has 1 aromatic heterocycles. The summed E-state index contributed by atoms with van der Waals surface area (Å²) in [4.78, 5) is 24.8. The number of halogens is 1. The van der Waals surface area contributed by atoms with Crippen LogP contribution in [0.5, 0.6) is 11.5 Å². The third kappa shape index (κ3) is 3.75. The molecular formula is C20H19ClN2O5. The van der Waals surface area contributed by atoms with E-state index in [9.17, 15) is 9.59 Å². The van der Waals surface area contributed by atoms with Gasteiger partial charge in [-0.25, -0.2) is 0 Å². The van der Waals surface area contributed by atoms with E-state index < -0.39 is 11.8 Å². The minimum Gasteiger partial charge on any atom is -0.493 e. The molecular weight excluding hydrogens is 384 g/mol. The van der Waals surface area contributed by atoms with Crippen LogP contribution in [0.25, 0.3) is 11.0 Å². The van der Waals surface area contributed by atoms with Crippen molar-refractivity contribution in [3.8, 4) is 11.5 Å². The van der Waals surface area contributed by atoms with Gasteiger partial charge in [-0.2, -0.15) is 0 Å². The molecule has 0 atom stereocenters. The van der Waals surface area contributed by atoms with E-state index in [0.29, 0.717) is 39.8 Å². The Morgan fingerprint density at radius 1 is 1.11 bits per heavy atom. The van der Waals surface area contributed by atoms with Crippen molar-refractivity contribution in [2.45, 2.75) is 13.8 Å². The van der Waals surface area contributed by atoms with Gasteiger partial charge in [-0.15, -0.1) is 0 Å². The van der Waals surface area contributed by atoms with E-state index in [1.165, 1.54) is 13.2 Å². The van der Waals surface area contributed by atoms with E-state index in [1.54, 1.807) is 31.2 Å². The number of methoxy groups -OCH3 is 1. The molecule has 0 radical (unpaired) electrons. The van der Waals surface area contributed by atoms with Crippen molar-refractivity contribution < 1.29 is 23.5 Å². The van der Waals surface area contributed by atoms with E-state index in [4.69, 9.17) is 25.5 Å². The maximum atomic E-state index is 12.4. The Hall–Kier alpha value is -3.19. The van der Waals surface area contributed by atoms with Gasteiger partial charge in [0.15, 0.2) is 22.8 Å². The summed E-state index contributed by atoms with van der Waals surface area (Å²) in [6, 6.07) is 9.98. The van der Waals surface area contributed by atoms with E-state index >= 15 is 0 Å². The van der Waals surface area contributed by atoms with E-state index in [-0.39, 0.29) is 5.76 Å². The zero-order chi connectivity index (χ0) is 20.3. The Morgan fingerprint density at radius 2 is 1.86 bits per heavy atom. The number of carbonyl (C=O) groups excluding carboxylic acids is 2. The molecule has 0 aliphatic carbocycles. The zero-order valence-corrected chi connectivity index (χ0v) is 16.3. The number of benzene rings is 2. The number of aryl methyl sites for hydroxylation is 1. The highest BCUT2D eigenvalue weighted by molar-refractivity contribution is 6.35. The lowest BCUT2D eigenvalue weighted by molar-refractivity contribution is 0.0831. The lowest BCUT2D eigenvalue weighted by atomic mass is 10.1. The van der Waals surface area contributed by atoms with Crippen LogP contribution in [0.1, 0.15) is 33.4 Å². The van der Waals surface area contributed by atoms with Crippen LogP contribution in [-0.2, 0) is 0 Å². The van der Waals surface area contributed by atoms with Gasteiger partial charge in [0.1, 0.15) is 0 Å². The van der Waals surface area contributed by atoms with Gasteiger partial charge in [0.2, 0.25) is 0 Å². The highest BCUT2D eigenvalue weighted by Gasteiger charge is 2.20. The van der Waals surface area contributed by atoms with Crippen LogP contribution in [0.3, 0.4) is 0 Å². The SMILES string of the molecule is CCOc1ccc(C(=O)NNC(=O)c2oc3c(Cl)cccc3c2C)cc1OC. The summed E-state index contributed by atoms with van der Waals surface area (Å²) < 4.78 is 16.2. The van der Waals surface area contributed by atoms with E-state index in [2.05, 4.69) is 10.9 Å². The number of carbonyl (C=O) groups is 2. The summed E-state index contributed by atoms with van der Waals surface area (Å²) >= 11 is 6.10. The monoisotopic (exact) mass is 402 g/mol. The number of hydrogen-bond donors (Lipinski definition) is 2. The fourth-order valence-corrected chi connectivity index (χ4v) is 2.96. The van der Waals surface area contributed by atoms with Crippen molar-refractivity contribution in [3.05, 3.63) is 58.3 Å². The van der Waals surface area contributed by atoms with Crippen molar-refractivity contribution in [3.63, 3.8) is 0 Å². The van der Waals surface area contributed by atoms with Gasteiger partial charge in [-0.05, 0) is 38.1 Å². The van der Waals surface area contributed by atoms with Crippen molar-refractivity contribution in [2.75, 3.05) is 13.7 Å². The fourth-order valence-electron chi connectivity index (χ4n) is 2.75. The minimum absolute atomic E-state index is 0.0766. The lowest BCUT2D eigenvalue weighted by Crippen LogP contribution is -2.41. The number of hydrogen-bond acceptors (Lipinski definition) is 5. The predicted octanol–water partition coefficient (Wildman–Crippen LogP) is 3.88. The number of hydrazine groups is 1. The van der Waals surface area contributed by atoms with Crippen LogP contribution in [0.4, 0.5) is 0 Å². The van der Waals surface area contributed by atoms with Gasteiger partial charge in [-0.3, -0.25) is 20.4 Å². The molecule has 3 rings (SSSR count). The number of rotatable bonds is 5. The standard InChI is InChI=1S/C20H19ClN2O5/c1-4-27-15-9-8-12(10-16(15)26-3)19(24)22-23-20(25)17-11(2)13-6-5-7-14(21)18(13)28-17/h5-10H,4H2,1-3H3,(H,22,24)(H,23,25). The van der Waals surface area contributed by atoms with Gasteiger partial charge >= 0.3 is 5.91 Å². The van der Waals surface area contributed by atoms with E-state index in [1.807, 2.05) is 13.0 Å². The normalized spacial score (nSPS) is 10.6. The molecule has 146 valence electrons. The first-order chi connectivity index (χ1) is 13.5. The van der Waals surface area contributed by atoms with Gasteiger partial charge < -0.3 is 13.9 Å². The Labute approximate surface area is 166 Å². The van der Waals surface area contributed by atoms with E-state index in [0.717, 1.165) is 5.39 Å². The highest BCUT2D eigenvalue weighted by atomic mass is 35.5. The topological polar surface area (TPSA) is 89.8 Å². The highest BCUT2D eigenvalue weighted by Crippen LogP contribution is 2.30. The van der Waals surface area contributed by atoms with Crippen LogP contribution in [-0.4, -0.2) is 25.5 Å². The molecule has 7 nitrogen and oxygen atoms in total. The molecule has 2 aromatic carbocycles. The second kappa shape index (κ2) is 8.22. The molecule has 3 aromatic rings. The average Bonchev–Trinajstić information content (AvgIpc) is 3.04. The molecule has 2 N–H and O–H groups in total. The first-order valence-corrected chi connectivity index (χ1v) is 8.93. The summed E-state index contributed by atoms with van der Waals surface area (Å²) in [5.74, 6) is -0.0749. The number of furan rings is 1. The molecule has 0 saturated carbocycles. The second-order valence-electron chi connectivity index (χ2n) is 5.88. The van der Waals surface area contributed by atoms with Crippen LogP contribution in [0.2, 0.25) is 5.02 Å².